The van der Waals surface area contributed by atoms with Crippen LogP contribution < -0.4 is 5.32 Å². The Morgan fingerprint density at radius 1 is 1.40 bits per heavy atom. The van der Waals surface area contributed by atoms with Crippen LogP contribution in [0.2, 0.25) is 0 Å². The zero-order valence-electron chi connectivity index (χ0n) is 9.06. The van der Waals surface area contributed by atoms with Crippen molar-refractivity contribution in [1.82, 2.24) is 0 Å². The SMILES string of the molecule is CSCC(=O)Nc1c(C)cc(Br)cc1C. The number of hydrogen-bond acceptors (Lipinski definition) is 2. The Balaban J connectivity index is 2.90. The average molecular weight is 288 g/mol. The highest BCUT2D eigenvalue weighted by Crippen LogP contribution is 2.25. The first-order chi connectivity index (χ1) is 7.04. The number of nitrogens with one attached hydrogen (secondary N) is 1. The highest BCUT2D eigenvalue weighted by molar-refractivity contribution is 9.10. The summed E-state index contributed by atoms with van der Waals surface area (Å²) in [5.74, 6) is 0.547. The number of anilines is 1. The normalized spacial score (nSPS) is 10.1. The molecule has 2 nitrogen and oxygen atoms in total. The molecule has 1 amide bonds. The summed E-state index contributed by atoms with van der Waals surface area (Å²) in [6.45, 7) is 3.99. The molecule has 0 radical (unpaired) electrons. The summed E-state index contributed by atoms with van der Waals surface area (Å²) in [7, 11) is 0. The van der Waals surface area contributed by atoms with Crippen LogP contribution in [0.1, 0.15) is 11.1 Å². The van der Waals surface area contributed by atoms with Gasteiger partial charge in [-0.2, -0.15) is 11.8 Å². The van der Waals surface area contributed by atoms with Crippen molar-refractivity contribution < 1.29 is 4.79 Å². The van der Waals surface area contributed by atoms with Crippen molar-refractivity contribution in [1.29, 1.82) is 0 Å². The fourth-order valence-corrected chi connectivity index (χ4v) is 2.44. The molecular weight excluding hydrogens is 274 g/mol. The summed E-state index contributed by atoms with van der Waals surface area (Å²) in [6, 6.07) is 4.00. The smallest absolute Gasteiger partial charge is 0.234 e. The predicted molar refractivity (Wildman–Crippen MR) is 70.6 cm³/mol. The van der Waals surface area contributed by atoms with Gasteiger partial charge in [-0.05, 0) is 43.4 Å². The third-order valence-corrected chi connectivity index (χ3v) is 3.05. The molecule has 0 fully saturated rings. The maximum absolute atomic E-state index is 11.5. The Kier molecular flexibility index (Phi) is 4.67. The highest BCUT2D eigenvalue weighted by Gasteiger charge is 2.07. The molecule has 1 aromatic rings. The second kappa shape index (κ2) is 5.56. The van der Waals surface area contributed by atoms with Gasteiger partial charge in [-0.15, -0.1) is 0 Å². The van der Waals surface area contributed by atoms with Gasteiger partial charge < -0.3 is 5.32 Å². The van der Waals surface area contributed by atoms with Crippen LogP contribution in [0.15, 0.2) is 16.6 Å². The minimum absolute atomic E-state index is 0.0519. The number of carbonyl (C=O) groups excluding carboxylic acids is 1. The molecule has 1 rings (SSSR count). The third-order valence-electron chi connectivity index (χ3n) is 2.04. The van der Waals surface area contributed by atoms with Crippen LogP contribution in [0.3, 0.4) is 0 Å². The minimum Gasteiger partial charge on any atom is -0.325 e. The third kappa shape index (κ3) is 3.54. The van der Waals surface area contributed by atoms with Crippen LogP contribution >= 0.6 is 27.7 Å². The number of rotatable bonds is 3. The van der Waals surface area contributed by atoms with Crippen LogP contribution in [-0.4, -0.2) is 17.9 Å². The zero-order chi connectivity index (χ0) is 11.4. The molecule has 0 aliphatic rings. The van der Waals surface area contributed by atoms with E-state index < -0.39 is 0 Å². The first-order valence-electron chi connectivity index (χ1n) is 4.60. The highest BCUT2D eigenvalue weighted by atomic mass is 79.9. The van der Waals surface area contributed by atoms with E-state index in [1.165, 1.54) is 11.8 Å². The van der Waals surface area contributed by atoms with E-state index in [1.54, 1.807) is 0 Å². The number of carbonyl (C=O) groups is 1. The van der Waals surface area contributed by atoms with E-state index in [9.17, 15) is 4.79 Å². The largest absolute Gasteiger partial charge is 0.325 e. The minimum atomic E-state index is 0.0519. The molecule has 0 atom stereocenters. The Labute approximate surface area is 103 Å². The van der Waals surface area contributed by atoms with E-state index >= 15 is 0 Å². The molecule has 0 bridgehead atoms. The van der Waals surface area contributed by atoms with E-state index in [1.807, 2.05) is 32.2 Å². The average Bonchev–Trinajstić information content (AvgIpc) is 2.11. The standard InChI is InChI=1S/C11H14BrNOS/c1-7-4-9(12)5-8(2)11(7)13-10(14)6-15-3/h4-5H,6H2,1-3H3,(H,13,14). The first kappa shape index (κ1) is 12.6. The van der Waals surface area contributed by atoms with E-state index in [2.05, 4.69) is 21.2 Å². The van der Waals surface area contributed by atoms with Gasteiger partial charge in [0.05, 0.1) is 5.75 Å². The second-order valence-electron chi connectivity index (χ2n) is 3.40. The zero-order valence-corrected chi connectivity index (χ0v) is 11.5. The van der Waals surface area contributed by atoms with Gasteiger partial charge in [0.15, 0.2) is 0 Å². The van der Waals surface area contributed by atoms with Crippen molar-refractivity contribution >= 4 is 39.3 Å². The second-order valence-corrected chi connectivity index (χ2v) is 5.18. The maximum atomic E-state index is 11.5. The molecule has 0 aliphatic heterocycles. The molecule has 0 aromatic heterocycles. The van der Waals surface area contributed by atoms with Crippen LogP contribution in [-0.2, 0) is 4.79 Å². The predicted octanol–water partition coefficient (Wildman–Crippen LogP) is 3.37. The monoisotopic (exact) mass is 287 g/mol. The van der Waals surface area contributed by atoms with Gasteiger partial charge in [0.1, 0.15) is 0 Å². The van der Waals surface area contributed by atoms with Crippen LogP contribution in [0.5, 0.6) is 0 Å². The van der Waals surface area contributed by atoms with Gasteiger partial charge >= 0.3 is 0 Å². The Morgan fingerprint density at radius 2 is 1.93 bits per heavy atom. The number of thioether (sulfide) groups is 1. The molecule has 0 unspecified atom stereocenters. The molecule has 15 heavy (non-hydrogen) atoms. The quantitative estimate of drug-likeness (QED) is 0.924. The molecule has 1 aromatic carbocycles. The molecule has 0 aliphatic carbocycles. The maximum Gasteiger partial charge on any atom is 0.234 e. The lowest BCUT2D eigenvalue weighted by molar-refractivity contribution is -0.113. The van der Waals surface area contributed by atoms with Crippen LogP contribution in [0, 0.1) is 13.8 Å². The number of halogens is 1. The van der Waals surface area contributed by atoms with Crippen LogP contribution in [0.25, 0.3) is 0 Å². The summed E-state index contributed by atoms with van der Waals surface area (Å²) in [6.07, 6.45) is 1.92. The van der Waals surface area contributed by atoms with E-state index in [-0.39, 0.29) is 5.91 Å². The molecule has 1 N–H and O–H groups in total. The summed E-state index contributed by atoms with van der Waals surface area (Å²) in [5.41, 5.74) is 3.09. The fraction of sp³-hybridized carbons (Fsp3) is 0.364. The lowest BCUT2D eigenvalue weighted by atomic mass is 10.1. The molecule has 0 spiro atoms. The van der Waals surface area contributed by atoms with Crippen molar-refractivity contribution in [2.45, 2.75) is 13.8 Å². The lowest BCUT2D eigenvalue weighted by Crippen LogP contribution is -2.15. The Hall–Kier alpha value is -0.480. The van der Waals surface area contributed by atoms with Gasteiger partial charge in [-0.3, -0.25) is 4.79 Å². The Bertz CT molecular complexity index is 356. The van der Waals surface area contributed by atoms with E-state index in [4.69, 9.17) is 0 Å². The number of amides is 1. The van der Waals surface area contributed by atoms with Crippen molar-refractivity contribution in [3.05, 3.63) is 27.7 Å². The van der Waals surface area contributed by atoms with E-state index in [0.717, 1.165) is 21.3 Å². The van der Waals surface area contributed by atoms with Gasteiger partial charge in [0.25, 0.3) is 0 Å². The molecule has 4 heteroatoms. The number of benzene rings is 1. The lowest BCUT2D eigenvalue weighted by Gasteiger charge is -2.11. The van der Waals surface area contributed by atoms with Crippen molar-refractivity contribution in [3.8, 4) is 0 Å². The summed E-state index contributed by atoms with van der Waals surface area (Å²) < 4.78 is 1.04. The van der Waals surface area contributed by atoms with Crippen molar-refractivity contribution in [2.24, 2.45) is 0 Å². The van der Waals surface area contributed by atoms with Gasteiger partial charge in [0.2, 0.25) is 5.91 Å². The van der Waals surface area contributed by atoms with Gasteiger partial charge in [-0.1, -0.05) is 15.9 Å². The number of hydrogen-bond donors (Lipinski definition) is 1. The molecular formula is C11H14BrNOS. The topological polar surface area (TPSA) is 29.1 Å². The Morgan fingerprint density at radius 3 is 2.40 bits per heavy atom. The number of aryl methyl sites for hydroxylation is 2. The van der Waals surface area contributed by atoms with Crippen molar-refractivity contribution in [2.75, 3.05) is 17.3 Å². The van der Waals surface area contributed by atoms with Gasteiger partial charge in [-0.25, -0.2) is 0 Å². The summed E-state index contributed by atoms with van der Waals surface area (Å²) in [5, 5.41) is 2.93. The molecule has 0 saturated carbocycles. The fourth-order valence-electron chi connectivity index (χ4n) is 1.41. The first-order valence-corrected chi connectivity index (χ1v) is 6.79. The molecule has 0 saturated heterocycles. The summed E-state index contributed by atoms with van der Waals surface area (Å²) in [4.78, 5) is 11.5. The van der Waals surface area contributed by atoms with Crippen LogP contribution in [0.4, 0.5) is 5.69 Å². The van der Waals surface area contributed by atoms with Gasteiger partial charge in [0, 0.05) is 10.2 Å². The molecule has 0 heterocycles. The van der Waals surface area contributed by atoms with Crippen molar-refractivity contribution in [3.63, 3.8) is 0 Å². The molecule has 82 valence electrons. The summed E-state index contributed by atoms with van der Waals surface area (Å²) >= 11 is 4.95. The van der Waals surface area contributed by atoms with E-state index in [0.29, 0.717) is 5.75 Å².